The van der Waals surface area contributed by atoms with E-state index in [1.165, 1.54) is 18.3 Å². The Bertz CT molecular complexity index is 489. The predicted octanol–water partition coefficient (Wildman–Crippen LogP) is 1.28. The van der Waals surface area contributed by atoms with E-state index >= 15 is 0 Å². The van der Waals surface area contributed by atoms with Crippen LogP contribution in [0.5, 0.6) is 0 Å². The van der Waals surface area contributed by atoms with Crippen molar-refractivity contribution in [1.29, 1.82) is 0 Å². The molecule has 0 aromatic carbocycles. The van der Waals surface area contributed by atoms with Crippen LogP contribution in [0.2, 0.25) is 0 Å². The quantitative estimate of drug-likeness (QED) is 0.740. The number of hydrogen-bond donors (Lipinski definition) is 1. The van der Waals surface area contributed by atoms with Crippen molar-refractivity contribution in [3.63, 3.8) is 0 Å². The van der Waals surface area contributed by atoms with Crippen molar-refractivity contribution in [3.05, 3.63) is 30.2 Å². The van der Waals surface area contributed by atoms with Gasteiger partial charge in [-0.15, -0.1) is 0 Å². The Balaban J connectivity index is 2.35. The minimum absolute atomic E-state index is 0.0623. The summed E-state index contributed by atoms with van der Waals surface area (Å²) in [5.74, 6) is 0.0623. The minimum Gasteiger partial charge on any atom is -0.333 e. The molecule has 2 rings (SSSR count). The summed E-state index contributed by atoms with van der Waals surface area (Å²) >= 11 is 0. The van der Waals surface area contributed by atoms with E-state index in [1.807, 2.05) is 0 Å². The summed E-state index contributed by atoms with van der Waals surface area (Å²) in [5.41, 5.74) is -0.155. The molecule has 2 aromatic rings. The lowest BCUT2D eigenvalue weighted by Crippen LogP contribution is -2.05. The van der Waals surface area contributed by atoms with Crippen LogP contribution in [-0.2, 0) is 6.18 Å². The number of halogens is 3. The molecular formula is C9H5BF3N3. The molecule has 3 nitrogen and oxygen atoms in total. The highest BCUT2D eigenvalue weighted by atomic mass is 19.4. The number of nitrogens with zero attached hydrogens (tertiary/aromatic N) is 2. The molecule has 0 bridgehead atoms. The minimum atomic E-state index is -4.43. The van der Waals surface area contributed by atoms with Gasteiger partial charge in [-0.2, -0.15) is 13.2 Å². The maximum atomic E-state index is 12.3. The SMILES string of the molecule is [B]c1ccc(-c2ncc(C(F)(F)F)[nH]2)nc1. The second-order valence-corrected chi connectivity index (χ2v) is 3.12. The fourth-order valence-corrected chi connectivity index (χ4v) is 1.14. The van der Waals surface area contributed by atoms with Crippen molar-refractivity contribution >= 4 is 13.3 Å². The van der Waals surface area contributed by atoms with E-state index in [0.29, 0.717) is 11.2 Å². The third-order valence-corrected chi connectivity index (χ3v) is 1.91. The van der Waals surface area contributed by atoms with Gasteiger partial charge in [-0.1, -0.05) is 11.5 Å². The van der Waals surface area contributed by atoms with E-state index in [4.69, 9.17) is 7.85 Å². The summed E-state index contributed by atoms with van der Waals surface area (Å²) in [6.45, 7) is 0. The van der Waals surface area contributed by atoms with Crippen molar-refractivity contribution in [2.24, 2.45) is 0 Å². The summed E-state index contributed by atoms with van der Waals surface area (Å²) < 4.78 is 36.8. The van der Waals surface area contributed by atoms with Gasteiger partial charge in [-0.25, -0.2) is 4.98 Å². The second kappa shape index (κ2) is 3.66. The van der Waals surface area contributed by atoms with Gasteiger partial charge in [-0.05, 0) is 6.07 Å². The number of imidazole rings is 1. The molecule has 0 aliphatic carbocycles. The van der Waals surface area contributed by atoms with Crippen LogP contribution >= 0.6 is 0 Å². The predicted molar refractivity (Wildman–Crippen MR) is 52.2 cm³/mol. The standard InChI is InChI=1S/C9H5BF3N3/c10-5-1-2-6(14-3-5)8-15-4-7(16-8)9(11,12)13/h1-4H,(H,15,16). The molecule has 0 aliphatic heterocycles. The second-order valence-electron chi connectivity index (χ2n) is 3.12. The zero-order valence-electron chi connectivity index (χ0n) is 7.92. The lowest BCUT2D eigenvalue weighted by atomic mass is 9.99. The molecule has 80 valence electrons. The zero-order chi connectivity index (χ0) is 11.8. The fourth-order valence-electron chi connectivity index (χ4n) is 1.14. The smallest absolute Gasteiger partial charge is 0.333 e. The summed E-state index contributed by atoms with van der Waals surface area (Å²) in [6.07, 6.45) is -2.35. The Hall–Kier alpha value is -1.79. The Morgan fingerprint density at radius 1 is 1.12 bits per heavy atom. The Morgan fingerprint density at radius 2 is 1.88 bits per heavy atom. The molecule has 0 atom stereocenters. The van der Waals surface area contributed by atoms with Gasteiger partial charge in [0.15, 0.2) is 5.82 Å². The van der Waals surface area contributed by atoms with Crippen LogP contribution in [-0.4, -0.2) is 22.8 Å². The number of pyridine rings is 1. The van der Waals surface area contributed by atoms with Gasteiger partial charge in [0.1, 0.15) is 19.2 Å². The van der Waals surface area contributed by atoms with Crippen LogP contribution in [0.3, 0.4) is 0 Å². The number of rotatable bonds is 1. The van der Waals surface area contributed by atoms with Crippen LogP contribution in [0.25, 0.3) is 11.5 Å². The maximum Gasteiger partial charge on any atom is 0.432 e. The van der Waals surface area contributed by atoms with Gasteiger partial charge in [0, 0.05) is 6.20 Å². The number of hydrogen-bond acceptors (Lipinski definition) is 2. The molecule has 7 heteroatoms. The first-order chi connectivity index (χ1) is 7.47. The summed E-state index contributed by atoms with van der Waals surface area (Å²) in [5, 5.41) is 0. The molecule has 2 radical (unpaired) electrons. The largest absolute Gasteiger partial charge is 0.432 e. The van der Waals surface area contributed by atoms with Gasteiger partial charge in [0.25, 0.3) is 0 Å². The van der Waals surface area contributed by atoms with Crippen molar-refractivity contribution < 1.29 is 13.2 Å². The highest BCUT2D eigenvalue weighted by Gasteiger charge is 2.33. The van der Waals surface area contributed by atoms with Gasteiger partial charge in [0.2, 0.25) is 0 Å². The topological polar surface area (TPSA) is 41.6 Å². The first-order valence-electron chi connectivity index (χ1n) is 4.31. The number of nitrogens with one attached hydrogen (secondary N) is 1. The Labute approximate surface area is 90.2 Å². The van der Waals surface area contributed by atoms with Crippen LogP contribution in [0.1, 0.15) is 5.69 Å². The molecule has 2 heterocycles. The van der Waals surface area contributed by atoms with Crippen LogP contribution in [0.15, 0.2) is 24.5 Å². The molecule has 0 unspecified atom stereocenters. The highest BCUT2D eigenvalue weighted by molar-refractivity contribution is 6.32. The lowest BCUT2D eigenvalue weighted by molar-refractivity contribution is -0.140. The van der Waals surface area contributed by atoms with Crippen molar-refractivity contribution in [1.82, 2.24) is 15.0 Å². The van der Waals surface area contributed by atoms with E-state index in [-0.39, 0.29) is 5.82 Å². The van der Waals surface area contributed by atoms with Crippen molar-refractivity contribution in [3.8, 4) is 11.5 Å². The zero-order valence-corrected chi connectivity index (χ0v) is 7.92. The Kier molecular flexibility index (Phi) is 2.45. The summed E-state index contributed by atoms with van der Waals surface area (Å²) in [7, 11) is 5.41. The van der Waals surface area contributed by atoms with Gasteiger partial charge in [0.05, 0.1) is 6.20 Å². The lowest BCUT2D eigenvalue weighted by Gasteiger charge is -2.01. The van der Waals surface area contributed by atoms with Gasteiger partial charge >= 0.3 is 6.18 Å². The number of aromatic nitrogens is 3. The Morgan fingerprint density at radius 3 is 2.38 bits per heavy atom. The summed E-state index contributed by atoms with van der Waals surface area (Å²) in [4.78, 5) is 9.61. The molecule has 0 amide bonds. The van der Waals surface area contributed by atoms with Crippen LogP contribution in [0.4, 0.5) is 13.2 Å². The summed E-state index contributed by atoms with van der Waals surface area (Å²) in [6, 6.07) is 3.03. The van der Waals surface area contributed by atoms with Crippen molar-refractivity contribution in [2.75, 3.05) is 0 Å². The van der Waals surface area contributed by atoms with Crippen molar-refractivity contribution in [2.45, 2.75) is 6.18 Å². The first-order valence-corrected chi connectivity index (χ1v) is 4.31. The maximum absolute atomic E-state index is 12.3. The average Bonchev–Trinajstić information content (AvgIpc) is 2.67. The fraction of sp³-hybridized carbons (Fsp3) is 0.111. The normalized spacial score (nSPS) is 11.7. The van der Waals surface area contributed by atoms with Crippen LogP contribution < -0.4 is 5.46 Å². The van der Waals surface area contributed by atoms with E-state index in [0.717, 1.165) is 6.20 Å². The number of alkyl halides is 3. The first kappa shape index (κ1) is 10.7. The molecule has 16 heavy (non-hydrogen) atoms. The van der Waals surface area contributed by atoms with Crippen LogP contribution in [0, 0.1) is 0 Å². The molecule has 0 spiro atoms. The van der Waals surface area contributed by atoms with E-state index < -0.39 is 11.9 Å². The number of aromatic amines is 1. The monoisotopic (exact) mass is 223 g/mol. The van der Waals surface area contributed by atoms with E-state index in [2.05, 4.69) is 15.0 Å². The highest BCUT2D eigenvalue weighted by Crippen LogP contribution is 2.28. The number of H-pyrrole nitrogens is 1. The van der Waals surface area contributed by atoms with E-state index in [9.17, 15) is 13.2 Å². The molecule has 0 saturated carbocycles. The molecular weight excluding hydrogens is 218 g/mol. The average molecular weight is 223 g/mol. The molecule has 0 saturated heterocycles. The third-order valence-electron chi connectivity index (χ3n) is 1.91. The molecule has 1 N–H and O–H groups in total. The van der Waals surface area contributed by atoms with E-state index in [1.54, 1.807) is 0 Å². The molecule has 0 aliphatic rings. The van der Waals surface area contributed by atoms with Gasteiger partial charge < -0.3 is 4.98 Å². The molecule has 0 fully saturated rings. The molecule has 2 aromatic heterocycles. The van der Waals surface area contributed by atoms with Gasteiger partial charge in [-0.3, -0.25) is 4.98 Å². The third kappa shape index (κ3) is 2.07.